The van der Waals surface area contributed by atoms with Gasteiger partial charge in [-0.3, -0.25) is 14.6 Å². The summed E-state index contributed by atoms with van der Waals surface area (Å²) in [5.41, 5.74) is 2.42. The van der Waals surface area contributed by atoms with Gasteiger partial charge in [0.15, 0.2) is 0 Å². The van der Waals surface area contributed by atoms with Crippen molar-refractivity contribution in [1.82, 2.24) is 14.8 Å². The highest BCUT2D eigenvalue weighted by Gasteiger charge is 2.21. The highest BCUT2D eigenvalue weighted by Crippen LogP contribution is 2.15. The van der Waals surface area contributed by atoms with Gasteiger partial charge in [0.25, 0.3) is 5.91 Å². The Kier molecular flexibility index (Phi) is 5.50. The third-order valence-corrected chi connectivity index (χ3v) is 4.40. The van der Waals surface area contributed by atoms with Gasteiger partial charge in [-0.25, -0.2) is 0 Å². The lowest BCUT2D eigenvalue weighted by molar-refractivity contribution is -0.119. The molecular weight excluding hydrogens is 340 g/mol. The van der Waals surface area contributed by atoms with Gasteiger partial charge in [-0.1, -0.05) is 23.7 Å². The number of hydrogen-bond donors (Lipinski definition) is 1. The first-order valence-corrected chi connectivity index (χ1v) is 8.45. The molecule has 1 aliphatic heterocycles. The minimum absolute atomic E-state index is 0.0619. The number of amides is 2. The van der Waals surface area contributed by atoms with Crippen LogP contribution in [-0.2, 0) is 11.3 Å². The monoisotopic (exact) mass is 358 g/mol. The van der Waals surface area contributed by atoms with Crippen LogP contribution >= 0.6 is 11.6 Å². The van der Waals surface area contributed by atoms with Gasteiger partial charge in [-0.05, 0) is 23.8 Å². The van der Waals surface area contributed by atoms with E-state index < -0.39 is 0 Å². The molecule has 130 valence electrons. The van der Waals surface area contributed by atoms with Crippen molar-refractivity contribution in [3.63, 3.8) is 0 Å². The number of halogens is 1. The standard InChI is InChI=1S/C18H19ClN4O2/c19-16-3-1-14(2-4-16)10-21-17-9-15(11-20-12-17)18(25)23-7-5-22(13-24)6-8-23/h1-4,9,11-13,21H,5-8,10H2. The SMILES string of the molecule is O=CN1CCN(C(=O)c2cncc(NCc3ccc(Cl)cc3)c2)CC1. The Hall–Kier alpha value is -2.60. The van der Waals surface area contributed by atoms with Gasteiger partial charge in [-0.15, -0.1) is 0 Å². The van der Waals surface area contributed by atoms with Gasteiger partial charge in [-0.2, -0.15) is 0 Å². The van der Waals surface area contributed by atoms with Crippen LogP contribution in [0.4, 0.5) is 5.69 Å². The average Bonchev–Trinajstić information content (AvgIpc) is 2.67. The zero-order valence-electron chi connectivity index (χ0n) is 13.7. The van der Waals surface area contributed by atoms with Crippen molar-refractivity contribution in [3.05, 3.63) is 58.9 Å². The van der Waals surface area contributed by atoms with Gasteiger partial charge >= 0.3 is 0 Å². The van der Waals surface area contributed by atoms with E-state index >= 15 is 0 Å². The summed E-state index contributed by atoms with van der Waals surface area (Å²) in [7, 11) is 0. The highest BCUT2D eigenvalue weighted by atomic mass is 35.5. The van der Waals surface area contributed by atoms with Crippen LogP contribution in [0.2, 0.25) is 5.02 Å². The molecule has 0 bridgehead atoms. The van der Waals surface area contributed by atoms with Crippen LogP contribution in [0.15, 0.2) is 42.7 Å². The van der Waals surface area contributed by atoms with E-state index in [1.807, 2.05) is 24.3 Å². The second-order valence-corrected chi connectivity index (χ2v) is 6.31. The Labute approximate surface area is 151 Å². The fraction of sp³-hybridized carbons (Fsp3) is 0.278. The minimum Gasteiger partial charge on any atom is -0.380 e. The number of carbonyl (C=O) groups excluding carboxylic acids is 2. The molecule has 7 heteroatoms. The van der Waals surface area contributed by atoms with E-state index in [-0.39, 0.29) is 5.91 Å². The van der Waals surface area contributed by atoms with Crippen molar-refractivity contribution in [2.45, 2.75) is 6.54 Å². The maximum Gasteiger partial charge on any atom is 0.255 e. The van der Waals surface area contributed by atoms with Crippen LogP contribution in [-0.4, -0.2) is 53.3 Å². The molecule has 1 aromatic heterocycles. The second-order valence-electron chi connectivity index (χ2n) is 5.88. The lowest BCUT2D eigenvalue weighted by atomic mass is 10.2. The molecule has 1 fully saturated rings. The van der Waals surface area contributed by atoms with Crippen LogP contribution in [0.1, 0.15) is 15.9 Å². The summed E-state index contributed by atoms with van der Waals surface area (Å²) in [6, 6.07) is 9.39. The third kappa shape index (κ3) is 4.48. The third-order valence-electron chi connectivity index (χ3n) is 4.15. The lowest BCUT2D eigenvalue weighted by Crippen LogP contribution is -2.48. The number of nitrogens with zero attached hydrogens (tertiary/aromatic N) is 3. The minimum atomic E-state index is -0.0619. The van der Waals surface area contributed by atoms with Crippen molar-refractivity contribution in [1.29, 1.82) is 0 Å². The molecule has 0 unspecified atom stereocenters. The number of anilines is 1. The fourth-order valence-corrected chi connectivity index (χ4v) is 2.80. The van der Waals surface area contributed by atoms with E-state index in [1.165, 1.54) is 0 Å². The molecule has 1 N–H and O–H groups in total. The number of nitrogens with one attached hydrogen (secondary N) is 1. The Balaban J connectivity index is 1.61. The predicted octanol–water partition coefficient (Wildman–Crippen LogP) is 2.26. The Morgan fingerprint density at radius 2 is 1.88 bits per heavy atom. The molecule has 6 nitrogen and oxygen atoms in total. The summed E-state index contributed by atoms with van der Waals surface area (Å²) in [6.45, 7) is 2.84. The maximum absolute atomic E-state index is 12.6. The van der Waals surface area contributed by atoms with Gasteiger partial charge in [0.2, 0.25) is 6.41 Å². The van der Waals surface area contributed by atoms with E-state index in [9.17, 15) is 9.59 Å². The summed E-state index contributed by atoms with van der Waals surface area (Å²) >= 11 is 5.88. The van der Waals surface area contributed by atoms with Crippen LogP contribution in [0.3, 0.4) is 0 Å². The maximum atomic E-state index is 12.6. The number of hydrogen-bond acceptors (Lipinski definition) is 4. The molecule has 25 heavy (non-hydrogen) atoms. The Bertz CT molecular complexity index is 743. The summed E-state index contributed by atoms with van der Waals surface area (Å²) in [4.78, 5) is 30.9. The van der Waals surface area contributed by atoms with Crippen LogP contribution in [0.25, 0.3) is 0 Å². The second kappa shape index (κ2) is 7.98. The van der Waals surface area contributed by atoms with Crippen LogP contribution in [0.5, 0.6) is 0 Å². The topological polar surface area (TPSA) is 65.5 Å². The molecule has 2 heterocycles. The summed E-state index contributed by atoms with van der Waals surface area (Å²) in [6.07, 6.45) is 4.09. The van der Waals surface area contributed by atoms with E-state index in [4.69, 9.17) is 11.6 Å². The first kappa shape index (κ1) is 17.2. The number of piperazine rings is 1. The molecular formula is C18H19ClN4O2. The molecule has 2 aromatic rings. The summed E-state index contributed by atoms with van der Waals surface area (Å²) in [5.74, 6) is -0.0619. The van der Waals surface area contributed by atoms with E-state index in [0.29, 0.717) is 43.3 Å². The smallest absolute Gasteiger partial charge is 0.255 e. The molecule has 1 aromatic carbocycles. The molecule has 3 rings (SSSR count). The average molecular weight is 359 g/mol. The predicted molar refractivity (Wildman–Crippen MR) is 96.6 cm³/mol. The first-order chi connectivity index (χ1) is 12.2. The molecule has 0 saturated carbocycles. The van der Waals surface area contributed by atoms with Crippen molar-refractivity contribution >= 4 is 29.6 Å². The molecule has 0 radical (unpaired) electrons. The molecule has 0 spiro atoms. The van der Waals surface area contributed by atoms with Gasteiger partial charge in [0.05, 0.1) is 11.3 Å². The quantitative estimate of drug-likeness (QED) is 0.833. The molecule has 1 saturated heterocycles. The largest absolute Gasteiger partial charge is 0.380 e. The lowest BCUT2D eigenvalue weighted by Gasteiger charge is -2.32. The number of aromatic nitrogens is 1. The zero-order valence-corrected chi connectivity index (χ0v) is 14.4. The number of carbonyl (C=O) groups is 2. The van der Waals surface area contributed by atoms with Gasteiger partial charge in [0.1, 0.15) is 0 Å². The van der Waals surface area contributed by atoms with Crippen molar-refractivity contribution in [2.75, 3.05) is 31.5 Å². The van der Waals surface area contributed by atoms with Crippen LogP contribution in [0, 0.1) is 0 Å². The number of pyridine rings is 1. The molecule has 0 atom stereocenters. The Morgan fingerprint density at radius 1 is 1.16 bits per heavy atom. The van der Waals surface area contributed by atoms with Crippen LogP contribution < -0.4 is 5.32 Å². The highest BCUT2D eigenvalue weighted by molar-refractivity contribution is 6.30. The van der Waals surface area contributed by atoms with Gasteiger partial charge in [0, 0.05) is 50.1 Å². The molecule has 1 aliphatic rings. The summed E-state index contributed by atoms with van der Waals surface area (Å²) < 4.78 is 0. The van der Waals surface area contributed by atoms with E-state index in [1.54, 1.807) is 28.3 Å². The van der Waals surface area contributed by atoms with E-state index in [2.05, 4.69) is 10.3 Å². The normalized spacial score (nSPS) is 14.3. The van der Waals surface area contributed by atoms with Gasteiger partial charge < -0.3 is 15.1 Å². The van der Waals surface area contributed by atoms with Crippen molar-refractivity contribution in [3.8, 4) is 0 Å². The van der Waals surface area contributed by atoms with E-state index in [0.717, 1.165) is 17.7 Å². The van der Waals surface area contributed by atoms with Crippen molar-refractivity contribution < 1.29 is 9.59 Å². The number of rotatable bonds is 5. The fourth-order valence-electron chi connectivity index (χ4n) is 2.67. The first-order valence-electron chi connectivity index (χ1n) is 8.08. The Morgan fingerprint density at radius 3 is 2.56 bits per heavy atom. The summed E-state index contributed by atoms with van der Waals surface area (Å²) in [5, 5.41) is 3.97. The number of benzene rings is 1. The zero-order chi connectivity index (χ0) is 17.6. The molecule has 2 amide bonds. The molecule has 0 aliphatic carbocycles. The van der Waals surface area contributed by atoms with Crippen molar-refractivity contribution in [2.24, 2.45) is 0 Å².